The van der Waals surface area contributed by atoms with E-state index in [0.29, 0.717) is 36.7 Å². The van der Waals surface area contributed by atoms with Crippen molar-refractivity contribution in [2.24, 2.45) is 0 Å². The fourth-order valence-corrected chi connectivity index (χ4v) is 5.52. The number of carbonyl (C=O) groups is 2. The summed E-state index contributed by atoms with van der Waals surface area (Å²) in [6.45, 7) is 2.99. The molecule has 9 heteroatoms. The van der Waals surface area contributed by atoms with Crippen molar-refractivity contribution in [3.05, 3.63) is 90.4 Å². The summed E-state index contributed by atoms with van der Waals surface area (Å²) in [6.07, 6.45) is 8.25. The van der Waals surface area contributed by atoms with Crippen LogP contribution in [-0.2, 0) is 0 Å². The summed E-state index contributed by atoms with van der Waals surface area (Å²) in [4.78, 5) is 32.4. The average molecular weight is 536 g/mol. The summed E-state index contributed by atoms with van der Waals surface area (Å²) in [5, 5.41) is 11.0. The van der Waals surface area contributed by atoms with Gasteiger partial charge in [0.15, 0.2) is 0 Å². The number of hydrogen-bond donors (Lipinski definition) is 3. The molecule has 2 fully saturated rings. The minimum absolute atomic E-state index is 0.0368. The largest absolute Gasteiger partial charge is 0.383 e. The molecule has 2 aliphatic rings. The number of aromatic nitrogens is 3. The third-order valence-corrected chi connectivity index (χ3v) is 7.83. The Kier molecular flexibility index (Phi) is 7.29. The average Bonchev–Trinajstić information content (AvgIpc) is 3.69. The third-order valence-electron chi connectivity index (χ3n) is 7.83. The van der Waals surface area contributed by atoms with E-state index >= 15 is 0 Å². The SMILES string of the molecule is Nc1ncc(-c2cnn(C3CCNCC3)c2)cc1C(=O)NC1CCN(C(=O)c2ccc(-c3ccccc3)cc2)C1. The van der Waals surface area contributed by atoms with Crippen LogP contribution in [0.2, 0.25) is 0 Å². The van der Waals surface area contributed by atoms with Crippen LogP contribution in [0.25, 0.3) is 22.3 Å². The monoisotopic (exact) mass is 535 g/mol. The predicted octanol–water partition coefficient (Wildman–Crippen LogP) is 3.76. The lowest BCUT2D eigenvalue weighted by atomic mass is 10.0. The molecule has 6 rings (SSSR count). The molecule has 2 saturated heterocycles. The predicted molar refractivity (Wildman–Crippen MR) is 155 cm³/mol. The Labute approximate surface area is 233 Å². The highest BCUT2D eigenvalue weighted by Crippen LogP contribution is 2.26. The first kappa shape index (κ1) is 25.8. The second-order valence-electron chi connectivity index (χ2n) is 10.5. The lowest BCUT2D eigenvalue weighted by Crippen LogP contribution is -2.38. The van der Waals surface area contributed by atoms with Crippen LogP contribution < -0.4 is 16.4 Å². The van der Waals surface area contributed by atoms with Crippen LogP contribution in [0.1, 0.15) is 46.0 Å². The highest BCUT2D eigenvalue weighted by atomic mass is 16.2. The molecule has 1 atom stereocenters. The molecule has 2 amide bonds. The normalized spacial score (nSPS) is 17.6. The maximum Gasteiger partial charge on any atom is 0.255 e. The minimum atomic E-state index is -0.288. The summed E-state index contributed by atoms with van der Waals surface area (Å²) in [5.74, 6) is -0.147. The molecule has 2 aromatic heterocycles. The van der Waals surface area contributed by atoms with Gasteiger partial charge in [-0.15, -0.1) is 0 Å². The molecular formula is C31H33N7O2. The van der Waals surface area contributed by atoms with Gasteiger partial charge in [0.05, 0.1) is 17.8 Å². The van der Waals surface area contributed by atoms with E-state index in [2.05, 4.69) is 20.7 Å². The zero-order valence-electron chi connectivity index (χ0n) is 22.3. The summed E-state index contributed by atoms with van der Waals surface area (Å²) in [6, 6.07) is 19.7. The van der Waals surface area contributed by atoms with E-state index in [9.17, 15) is 9.59 Å². The van der Waals surface area contributed by atoms with Crippen molar-refractivity contribution in [3.63, 3.8) is 0 Å². The van der Waals surface area contributed by atoms with E-state index in [1.807, 2.05) is 71.7 Å². The lowest BCUT2D eigenvalue weighted by molar-refractivity contribution is 0.0783. The van der Waals surface area contributed by atoms with Crippen LogP contribution >= 0.6 is 0 Å². The topological polar surface area (TPSA) is 118 Å². The van der Waals surface area contributed by atoms with E-state index in [0.717, 1.165) is 48.2 Å². The number of nitrogens with zero attached hydrogens (tertiary/aromatic N) is 4. The molecule has 4 heterocycles. The number of anilines is 1. The molecule has 1 unspecified atom stereocenters. The molecule has 0 radical (unpaired) electrons. The van der Waals surface area contributed by atoms with Gasteiger partial charge in [0.2, 0.25) is 0 Å². The standard InChI is InChI=1S/C31H33N7O2/c32-29-28(16-24(17-34-29)25-18-35-38(19-25)27-10-13-33-14-11-27)30(39)36-26-12-15-37(20-26)31(40)23-8-6-22(7-9-23)21-4-2-1-3-5-21/h1-9,16-19,26-27,33H,10-15,20H2,(H2,32,34)(H,36,39). The summed E-state index contributed by atoms with van der Waals surface area (Å²) in [7, 11) is 0. The number of rotatable bonds is 6. The first-order valence-corrected chi connectivity index (χ1v) is 13.8. The van der Waals surface area contributed by atoms with Gasteiger partial charge < -0.3 is 21.3 Å². The van der Waals surface area contributed by atoms with E-state index in [1.54, 1.807) is 17.2 Å². The van der Waals surface area contributed by atoms with E-state index in [-0.39, 0.29) is 23.7 Å². The number of nitrogen functional groups attached to an aromatic ring is 1. The number of nitrogens with two attached hydrogens (primary N) is 1. The number of likely N-dealkylation sites (tertiary alicyclic amines) is 1. The summed E-state index contributed by atoms with van der Waals surface area (Å²) >= 11 is 0. The Morgan fingerprint density at radius 2 is 1.65 bits per heavy atom. The van der Waals surface area contributed by atoms with Crippen LogP contribution in [0, 0.1) is 0 Å². The molecule has 2 aromatic carbocycles. The molecule has 0 aliphatic carbocycles. The van der Waals surface area contributed by atoms with Gasteiger partial charge >= 0.3 is 0 Å². The smallest absolute Gasteiger partial charge is 0.255 e. The number of nitrogens with one attached hydrogen (secondary N) is 2. The number of amides is 2. The second kappa shape index (κ2) is 11.3. The second-order valence-corrected chi connectivity index (χ2v) is 10.5. The first-order chi connectivity index (χ1) is 19.5. The van der Waals surface area contributed by atoms with Crippen molar-refractivity contribution in [3.8, 4) is 22.3 Å². The number of carbonyl (C=O) groups excluding carboxylic acids is 2. The molecule has 204 valence electrons. The molecule has 0 spiro atoms. The number of hydrogen-bond acceptors (Lipinski definition) is 6. The van der Waals surface area contributed by atoms with Crippen LogP contribution in [0.15, 0.2) is 79.3 Å². The van der Waals surface area contributed by atoms with Crippen LogP contribution in [0.3, 0.4) is 0 Å². The Balaban J connectivity index is 1.09. The van der Waals surface area contributed by atoms with Crippen molar-refractivity contribution < 1.29 is 9.59 Å². The molecule has 40 heavy (non-hydrogen) atoms. The van der Waals surface area contributed by atoms with Crippen molar-refractivity contribution in [2.75, 3.05) is 31.9 Å². The lowest BCUT2D eigenvalue weighted by Gasteiger charge is -2.22. The maximum atomic E-state index is 13.2. The van der Waals surface area contributed by atoms with E-state index in [4.69, 9.17) is 5.73 Å². The van der Waals surface area contributed by atoms with Gasteiger partial charge in [-0.25, -0.2) is 4.98 Å². The fraction of sp³-hybridized carbons (Fsp3) is 0.290. The zero-order chi connectivity index (χ0) is 27.5. The Bertz CT molecular complexity index is 1490. The number of piperidine rings is 1. The molecular weight excluding hydrogens is 502 g/mol. The van der Waals surface area contributed by atoms with E-state index < -0.39 is 0 Å². The molecule has 4 aromatic rings. The van der Waals surface area contributed by atoms with Crippen molar-refractivity contribution in [1.29, 1.82) is 0 Å². The summed E-state index contributed by atoms with van der Waals surface area (Å²) in [5.41, 5.74) is 10.9. The molecule has 2 aliphatic heterocycles. The quantitative estimate of drug-likeness (QED) is 0.346. The van der Waals surface area contributed by atoms with Gasteiger partial charge in [0.1, 0.15) is 5.82 Å². The Morgan fingerprint density at radius 1 is 0.900 bits per heavy atom. The molecule has 0 saturated carbocycles. The first-order valence-electron chi connectivity index (χ1n) is 13.8. The number of pyridine rings is 1. The molecule has 9 nitrogen and oxygen atoms in total. The van der Waals surface area contributed by atoms with Gasteiger partial charge in [-0.3, -0.25) is 14.3 Å². The summed E-state index contributed by atoms with van der Waals surface area (Å²) < 4.78 is 2.01. The van der Waals surface area contributed by atoms with Gasteiger partial charge in [-0.2, -0.15) is 5.10 Å². The van der Waals surface area contributed by atoms with Crippen molar-refractivity contribution in [1.82, 2.24) is 30.3 Å². The van der Waals surface area contributed by atoms with Gasteiger partial charge in [0, 0.05) is 48.2 Å². The highest BCUT2D eigenvalue weighted by Gasteiger charge is 2.29. The maximum absolute atomic E-state index is 13.2. The van der Waals surface area contributed by atoms with E-state index in [1.165, 1.54) is 0 Å². The van der Waals surface area contributed by atoms with Crippen molar-refractivity contribution in [2.45, 2.75) is 31.3 Å². The van der Waals surface area contributed by atoms with Crippen LogP contribution in [0.4, 0.5) is 5.82 Å². The molecule has 4 N–H and O–H groups in total. The Hall–Kier alpha value is -4.50. The third kappa shape index (κ3) is 5.46. The van der Waals surface area contributed by atoms with Crippen LogP contribution in [-0.4, -0.2) is 63.7 Å². The molecule has 0 bridgehead atoms. The van der Waals surface area contributed by atoms with Crippen molar-refractivity contribution >= 4 is 17.6 Å². The zero-order valence-corrected chi connectivity index (χ0v) is 22.3. The highest BCUT2D eigenvalue weighted by molar-refractivity contribution is 6.00. The Morgan fingerprint density at radius 3 is 2.42 bits per heavy atom. The van der Waals surface area contributed by atoms with Crippen LogP contribution in [0.5, 0.6) is 0 Å². The van der Waals surface area contributed by atoms with Gasteiger partial charge in [-0.1, -0.05) is 42.5 Å². The number of benzene rings is 2. The fourth-order valence-electron chi connectivity index (χ4n) is 5.52. The minimum Gasteiger partial charge on any atom is -0.383 e. The van der Waals surface area contributed by atoms with Gasteiger partial charge in [0.25, 0.3) is 11.8 Å². The van der Waals surface area contributed by atoms with Gasteiger partial charge in [-0.05, 0) is 61.7 Å².